The third-order valence-corrected chi connectivity index (χ3v) is 4.14. The monoisotopic (exact) mass is 314 g/mol. The Hall–Kier alpha value is -2.14. The lowest BCUT2D eigenvalue weighted by molar-refractivity contribution is -0.117. The zero-order valence-corrected chi connectivity index (χ0v) is 12.6. The van der Waals surface area contributed by atoms with Gasteiger partial charge in [-0.25, -0.2) is 0 Å². The van der Waals surface area contributed by atoms with Crippen LogP contribution >= 0.6 is 11.6 Å². The molecule has 2 aromatic rings. The summed E-state index contributed by atoms with van der Waals surface area (Å²) < 4.78 is -0.616. The Morgan fingerprint density at radius 2 is 1.95 bits per heavy atom. The molecule has 1 aliphatic heterocycles. The minimum atomic E-state index is -0.616. The van der Waals surface area contributed by atoms with Gasteiger partial charge in [-0.2, -0.15) is 0 Å². The van der Waals surface area contributed by atoms with Crippen molar-refractivity contribution in [3.05, 3.63) is 77.0 Å². The maximum absolute atomic E-state index is 13.4. The van der Waals surface area contributed by atoms with E-state index < -0.39 is 4.65 Å². The van der Waals surface area contributed by atoms with E-state index in [2.05, 4.69) is 11.9 Å². The average Bonchev–Trinajstić information content (AvgIpc) is 2.82. The van der Waals surface area contributed by atoms with E-state index in [0.29, 0.717) is 16.4 Å². The molecule has 0 saturated heterocycles. The van der Waals surface area contributed by atoms with Crippen LogP contribution in [0.3, 0.4) is 0 Å². The van der Waals surface area contributed by atoms with Crippen LogP contribution in [0.5, 0.6) is 0 Å². The molecule has 1 amide bonds. The number of nitrogens with one attached hydrogen (secondary N) is 1. The van der Waals surface area contributed by atoms with Crippen LogP contribution in [-0.2, 0) is 4.79 Å². The Kier molecular flexibility index (Phi) is 3.74. The number of benzene rings is 2. The molecule has 0 radical (unpaired) electrons. The molecule has 0 spiro atoms. The first-order chi connectivity index (χ1) is 10.5. The van der Waals surface area contributed by atoms with Crippen molar-refractivity contribution in [1.82, 2.24) is 9.96 Å². The molecule has 2 aromatic carbocycles. The lowest BCUT2D eigenvalue weighted by atomic mass is 10.1. The Morgan fingerprint density at radius 1 is 1.27 bits per heavy atom. The molecule has 1 aliphatic rings. The SMILES string of the molecule is C=CC(=O)NC1C[N+]([O-])(c2ccc(Cl)cc2)c2ccccc21. The van der Waals surface area contributed by atoms with E-state index in [4.69, 9.17) is 11.6 Å². The summed E-state index contributed by atoms with van der Waals surface area (Å²) in [6, 6.07) is 13.9. The van der Waals surface area contributed by atoms with Gasteiger partial charge in [-0.05, 0) is 18.2 Å². The number of amides is 1. The van der Waals surface area contributed by atoms with Crippen molar-refractivity contribution in [2.45, 2.75) is 6.04 Å². The number of hydroxylamine groups is 1. The van der Waals surface area contributed by atoms with Crippen molar-refractivity contribution in [2.75, 3.05) is 6.54 Å². The number of rotatable bonds is 3. The highest BCUT2D eigenvalue weighted by Crippen LogP contribution is 2.45. The molecule has 2 atom stereocenters. The molecule has 0 aliphatic carbocycles. The highest BCUT2D eigenvalue weighted by atomic mass is 35.5. The number of nitrogens with zero attached hydrogens (tertiary/aromatic N) is 1. The molecule has 3 rings (SSSR count). The zero-order valence-electron chi connectivity index (χ0n) is 11.8. The summed E-state index contributed by atoms with van der Waals surface area (Å²) in [6.45, 7) is 3.66. The highest BCUT2D eigenvalue weighted by molar-refractivity contribution is 6.30. The Balaban J connectivity index is 2.05. The van der Waals surface area contributed by atoms with Crippen molar-refractivity contribution in [1.29, 1.82) is 0 Å². The van der Waals surface area contributed by atoms with E-state index in [0.717, 1.165) is 5.56 Å². The van der Waals surface area contributed by atoms with Crippen molar-refractivity contribution in [2.24, 2.45) is 0 Å². The molecule has 0 saturated carbocycles. The summed E-state index contributed by atoms with van der Waals surface area (Å²) in [6.07, 6.45) is 1.21. The van der Waals surface area contributed by atoms with E-state index in [1.54, 1.807) is 30.3 Å². The van der Waals surface area contributed by atoms with Crippen LogP contribution in [0.2, 0.25) is 5.02 Å². The Morgan fingerprint density at radius 3 is 2.64 bits per heavy atom. The number of quaternary nitrogens is 1. The van der Waals surface area contributed by atoms with Crippen LogP contribution in [0.15, 0.2) is 61.2 Å². The third kappa shape index (κ3) is 2.41. The normalized spacial score (nSPS) is 22.9. The van der Waals surface area contributed by atoms with Gasteiger partial charge in [0, 0.05) is 28.8 Å². The van der Waals surface area contributed by atoms with Crippen molar-refractivity contribution in [3.63, 3.8) is 0 Å². The van der Waals surface area contributed by atoms with Gasteiger partial charge < -0.3 is 10.5 Å². The fourth-order valence-electron chi connectivity index (χ4n) is 2.85. The predicted molar refractivity (Wildman–Crippen MR) is 88.7 cm³/mol. The van der Waals surface area contributed by atoms with Gasteiger partial charge in [0.15, 0.2) is 0 Å². The van der Waals surface area contributed by atoms with Crippen LogP contribution < -0.4 is 9.96 Å². The minimum Gasteiger partial charge on any atom is -0.622 e. The van der Waals surface area contributed by atoms with E-state index in [-0.39, 0.29) is 18.5 Å². The number of para-hydroxylation sites is 1. The third-order valence-electron chi connectivity index (χ3n) is 3.89. The van der Waals surface area contributed by atoms with E-state index in [1.807, 2.05) is 18.2 Å². The number of hydrogen-bond acceptors (Lipinski definition) is 2. The van der Waals surface area contributed by atoms with Crippen molar-refractivity contribution < 1.29 is 4.79 Å². The summed E-state index contributed by atoms with van der Waals surface area (Å²) >= 11 is 5.90. The van der Waals surface area contributed by atoms with Gasteiger partial charge in [-0.15, -0.1) is 0 Å². The molecule has 22 heavy (non-hydrogen) atoms. The number of hydrogen-bond donors (Lipinski definition) is 1. The summed E-state index contributed by atoms with van der Waals surface area (Å²) in [5.41, 5.74) is 2.06. The Bertz CT molecular complexity index is 730. The number of fused-ring (bicyclic) bond motifs is 1. The fraction of sp³-hybridized carbons (Fsp3) is 0.118. The van der Waals surface area contributed by atoms with Gasteiger partial charge in [0.2, 0.25) is 5.91 Å². The summed E-state index contributed by atoms with van der Waals surface area (Å²) in [4.78, 5) is 11.6. The summed E-state index contributed by atoms with van der Waals surface area (Å²) in [5, 5.41) is 16.8. The molecule has 112 valence electrons. The van der Waals surface area contributed by atoms with Crippen molar-refractivity contribution >= 4 is 28.9 Å². The highest BCUT2D eigenvalue weighted by Gasteiger charge is 2.40. The molecule has 0 aromatic heterocycles. The van der Waals surface area contributed by atoms with E-state index >= 15 is 0 Å². The van der Waals surface area contributed by atoms with Crippen LogP contribution in [0.4, 0.5) is 11.4 Å². The molecule has 4 nitrogen and oxygen atoms in total. The second-order valence-electron chi connectivity index (χ2n) is 5.22. The average molecular weight is 315 g/mol. The van der Waals surface area contributed by atoms with Crippen LogP contribution in [0.25, 0.3) is 0 Å². The smallest absolute Gasteiger partial charge is 0.244 e. The first kappa shape index (κ1) is 14.8. The molecule has 2 unspecified atom stereocenters. The topological polar surface area (TPSA) is 52.2 Å². The van der Waals surface area contributed by atoms with Gasteiger partial charge >= 0.3 is 0 Å². The second-order valence-corrected chi connectivity index (χ2v) is 5.66. The van der Waals surface area contributed by atoms with E-state index in [9.17, 15) is 10.0 Å². The minimum absolute atomic E-state index is 0.209. The maximum atomic E-state index is 13.4. The molecule has 1 N–H and O–H groups in total. The zero-order chi connectivity index (χ0) is 15.7. The lowest BCUT2D eigenvalue weighted by Crippen LogP contribution is -2.39. The van der Waals surface area contributed by atoms with Gasteiger partial charge in [0.05, 0.1) is 0 Å². The van der Waals surface area contributed by atoms with Crippen LogP contribution in [0, 0.1) is 5.21 Å². The van der Waals surface area contributed by atoms with Crippen LogP contribution in [-0.4, -0.2) is 12.5 Å². The van der Waals surface area contributed by atoms with Crippen molar-refractivity contribution in [3.8, 4) is 0 Å². The number of carbonyl (C=O) groups is 1. The number of carbonyl (C=O) groups excluding carboxylic acids is 1. The largest absolute Gasteiger partial charge is 0.622 e. The molecule has 5 heteroatoms. The Labute approximate surface area is 133 Å². The molecular weight excluding hydrogens is 300 g/mol. The standard InChI is InChI=1S/C17H15ClN2O2/c1-2-17(21)19-15-11-20(22,13-9-7-12(18)8-10-13)16-6-4-3-5-14(15)16/h2-10,15H,1,11H2,(H,19,21). The fourth-order valence-corrected chi connectivity index (χ4v) is 2.97. The van der Waals surface area contributed by atoms with Crippen LogP contribution in [0.1, 0.15) is 11.6 Å². The summed E-state index contributed by atoms with van der Waals surface area (Å²) in [5.74, 6) is -0.288. The number of halogens is 1. The van der Waals surface area contributed by atoms with Gasteiger partial charge in [-0.1, -0.05) is 36.4 Å². The lowest BCUT2D eigenvalue weighted by Gasteiger charge is -2.38. The molecule has 0 bridgehead atoms. The van der Waals surface area contributed by atoms with Gasteiger partial charge in [0.1, 0.15) is 24.0 Å². The summed E-state index contributed by atoms with van der Waals surface area (Å²) in [7, 11) is 0. The van der Waals surface area contributed by atoms with Gasteiger partial charge in [-0.3, -0.25) is 9.44 Å². The second kappa shape index (κ2) is 5.57. The predicted octanol–water partition coefficient (Wildman–Crippen LogP) is 3.83. The quantitative estimate of drug-likeness (QED) is 0.532. The molecular formula is C17H15ClN2O2. The van der Waals surface area contributed by atoms with Gasteiger partial charge in [0.25, 0.3) is 0 Å². The molecule has 0 fully saturated rings. The molecule has 1 heterocycles. The van der Waals surface area contributed by atoms with E-state index in [1.165, 1.54) is 6.08 Å². The maximum Gasteiger partial charge on any atom is 0.244 e. The first-order valence-electron chi connectivity index (χ1n) is 6.92. The first-order valence-corrected chi connectivity index (χ1v) is 7.30.